The Morgan fingerprint density at radius 1 is 0.828 bits per heavy atom. The van der Waals surface area contributed by atoms with E-state index in [4.69, 9.17) is 0 Å². The number of nitrogens with one attached hydrogen (secondary N) is 1. The number of aliphatic hydroxyl groups is 1. The maximum Gasteiger partial charge on any atom is 0.243 e. The molecule has 0 atom stereocenters. The minimum absolute atomic E-state index is 0.109. The molecule has 0 rings (SSSR count). The van der Waals surface area contributed by atoms with Gasteiger partial charge in [-0.05, 0) is 38.7 Å². The molecule has 2 N–H and O–H groups in total. The van der Waals surface area contributed by atoms with Crippen molar-refractivity contribution in [3.8, 4) is 0 Å². The third-order valence-corrected chi connectivity index (χ3v) is 5.01. The first kappa shape index (κ1) is 27.4. The lowest BCUT2D eigenvalue weighted by Crippen LogP contribution is -2.42. The molecule has 0 radical (unpaired) electrons. The molecular weight excluding hydrogens is 358 g/mol. The highest BCUT2D eigenvalue weighted by Gasteiger charge is 2.26. The van der Waals surface area contributed by atoms with Crippen molar-refractivity contribution in [3.05, 3.63) is 48.6 Å². The Bertz CT molecular complexity index is 491. The number of hydrogen-bond acceptors (Lipinski definition) is 2. The van der Waals surface area contributed by atoms with Crippen molar-refractivity contribution in [2.24, 2.45) is 0 Å². The standard InChI is InChI=1S/C26H45NO2/c1-4-7-10-13-14-15-16-17-18-21-25(28)27-24-26(29,22-19-11-8-5-2)23-20-12-9-6-3/h4,7,10,13-15,18,21,29H,5-6,8-9,11-12,16-17,19-20,22-24H2,1-3H3,(H,27,28). The summed E-state index contributed by atoms with van der Waals surface area (Å²) in [5, 5.41) is 13.9. The first-order valence-corrected chi connectivity index (χ1v) is 11.7. The Morgan fingerprint density at radius 3 is 2.00 bits per heavy atom. The quantitative estimate of drug-likeness (QED) is 0.150. The number of hydrogen-bond donors (Lipinski definition) is 2. The molecule has 0 saturated heterocycles. The number of carbonyl (C=O) groups excluding carboxylic acids is 1. The van der Waals surface area contributed by atoms with Crippen molar-refractivity contribution >= 4 is 5.91 Å². The molecule has 0 aliphatic rings. The first-order chi connectivity index (χ1) is 14.1. The Morgan fingerprint density at radius 2 is 1.41 bits per heavy atom. The van der Waals surface area contributed by atoms with Crippen LogP contribution >= 0.6 is 0 Å². The van der Waals surface area contributed by atoms with Crippen LogP contribution in [-0.4, -0.2) is 23.2 Å². The Hall–Kier alpha value is -1.61. The van der Waals surface area contributed by atoms with Gasteiger partial charge in [0.05, 0.1) is 5.60 Å². The molecule has 0 bridgehead atoms. The monoisotopic (exact) mass is 403 g/mol. The van der Waals surface area contributed by atoms with E-state index in [0.717, 1.165) is 51.4 Å². The van der Waals surface area contributed by atoms with E-state index in [0.29, 0.717) is 6.54 Å². The van der Waals surface area contributed by atoms with Crippen molar-refractivity contribution in [2.75, 3.05) is 6.54 Å². The zero-order chi connectivity index (χ0) is 21.6. The number of allylic oxidation sites excluding steroid dienone is 7. The van der Waals surface area contributed by atoms with Gasteiger partial charge in [0.2, 0.25) is 5.91 Å². The molecule has 0 unspecified atom stereocenters. The van der Waals surface area contributed by atoms with E-state index in [-0.39, 0.29) is 5.91 Å². The molecule has 3 nitrogen and oxygen atoms in total. The molecule has 0 saturated carbocycles. The Balaban J connectivity index is 4.28. The zero-order valence-electron chi connectivity index (χ0n) is 19.2. The first-order valence-electron chi connectivity index (χ1n) is 11.7. The van der Waals surface area contributed by atoms with E-state index in [1.54, 1.807) is 6.08 Å². The van der Waals surface area contributed by atoms with Crippen LogP contribution in [0, 0.1) is 0 Å². The third-order valence-electron chi connectivity index (χ3n) is 5.01. The average molecular weight is 404 g/mol. The summed E-state index contributed by atoms with van der Waals surface area (Å²) in [7, 11) is 0. The van der Waals surface area contributed by atoms with Crippen LogP contribution in [0.3, 0.4) is 0 Å². The molecule has 29 heavy (non-hydrogen) atoms. The van der Waals surface area contributed by atoms with Crippen molar-refractivity contribution in [1.29, 1.82) is 0 Å². The number of rotatable bonds is 18. The van der Waals surface area contributed by atoms with Crippen LogP contribution in [0.4, 0.5) is 0 Å². The van der Waals surface area contributed by atoms with E-state index in [2.05, 4.69) is 25.2 Å². The molecule has 0 spiro atoms. The van der Waals surface area contributed by atoms with Crippen LogP contribution in [0.2, 0.25) is 0 Å². The highest BCUT2D eigenvalue weighted by molar-refractivity contribution is 5.87. The third kappa shape index (κ3) is 18.2. The topological polar surface area (TPSA) is 49.3 Å². The van der Waals surface area contributed by atoms with E-state index >= 15 is 0 Å². The summed E-state index contributed by atoms with van der Waals surface area (Å²) in [6.07, 6.45) is 28.0. The van der Waals surface area contributed by atoms with Crippen LogP contribution in [0.1, 0.15) is 97.8 Å². The number of amides is 1. The van der Waals surface area contributed by atoms with Gasteiger partial charge in [-0.3, -0.25) is 4.79 Å². The second kappa shape index (κ2) is 19.7. The molecule has 0 heterocycles. The molecule has 0 aromatic rings. The van der Waals surface area contributed by atoms with E-state index in [1.807, 2.05) is 43.4 Å². The molecule has 3 heteroatoms. The fourth-order valence-electron chi connectivity index (χ4n) is 3.17. The van der Waals surface area contributed by atoms with Crippen LogP contribution in [-0.2, 0) is 4.79 Å². The highest BCUT2D eigenvalue weighted by Crippen LogP contribution is 2.22. The van der Waals surface area contributed by atoms with Crippen molar-refractivity contribution in [2.45, 2.75) is 103 Å². The minimum atomic E-state index is -0.771. The summed E-state index contributed by atoms with van der Waals surface area (Å²) in [6, 6.07) is 0. The van der Waals surface area contributed by atoms with E-state index in [9.17, 15) is 9.90 Å². The van der Waals surface area contributed by atoms with Crippen molar-refractivity contribution in [1.82, 2.24) is 5.32 Å². The highest BCUT2D eigenvalue weighted by atomic mass is 16.3. The lowest BCUT2D eigenvalue weighted by molar-refractivity contribution is -0.118. The van der Waals surface area contributed by atoms with Gasteiger partial charge in [0.1, 0.15) is 0 Å². The molecule has 0 fully saturated rings. The minimum Gasteiger partial charge on any atom is -0.388 e. The molecule has 0 aromatic heterocycles. The van der Waals surface area contributed by atoms with E-state index in [1.165, 1.54) is 25.7 Å². The Labute approximate surface area is 180 Å². The van der Waals surface area contributed by atoms with Crippen molar-refractivity contribution in [3.63, 3.8) is 0 Å². The van der Waals surface area contributed by atoms with Gasteiger partial charge >= 0.3 is 0 Å². The molecule has 0 aliphatic carbocycles. The van der Waals surface area contributed by atoms with Gasteiger partial charge < -0.3 is 10.4 Å². The van der Waals surface area contributed by atoms with Gasteiger partial charge in [0.15, 0.2) is 0 Å². The van der Waals surface area contributed by atoms with Gasteiger partial charge in [-0.1, -0.05) is 108 Å². The predicted octanol–water partition coefficient (Wildman–Crippen LogP) is 6.80. The lowest BCUT2D eigenvalue weighted by atomic mass is 9.89. The van der Waals surface area contributed by atoms with Crippen LogP contribution < -0.4 is 5.32 Å². The van der Waals surface area contributed by atoms with E-state index < -0.39 is 5.60 Å². The van der Waals surface area contributed by atoms with Crippen LogP contribution in [0.5, 0.6) is 0 Å². The second-order valence-electron chi connectivity index (χ2n) is 7.88. The zero-order valence-corrected chi connectivity index (χ0v) is 19.2. The van der Waals surface area contributed by atoms with Crippen molar-refractivity contribution < 1.29 is 9.90 Å². The maximum absolute atomic E-state index is 12.1. The van der Waals surface area contributed by atoms with Gasteiger partial charge in [-0.2, -0.15) is 0 Å². The molecular formula is C26H45NO2. The predicted molar refractivity (Wildman–Crippen MR) is 127 cm³/mol. The normalized spacial score (nSPS) is 12.8. The number of carbonyl (C=O) groups is 1. The summed E-state index contributed by atoms with van der Waals surface area (Å²) in [6.45, 7) is 6.73. The van der Waals surface area contributed by atoms with Gasteiger partial charge in [0, 0.05) is 6.54 Å². The summed E-state index contributed by atoms with van der Waals surface area (Å²) >= 11 is 0. The number of unbranched alkanes of at least 4 members (excludes halogenated alkanes) is 7. The lowest BCUT2D eigenvalue weighted by Gasteiger charge is -2.28. The fourth-order valence-corrected chi connectivity index (χ4v) is 3.17. The van der Waals surface area contributed by atoms with Crippen LogP contribution in [0.15, 0.2) is 48.6 Å². The summed E-state index contributed by atoms with van der Waals surface area (Å²) < 4.78 is 0. The molecule has 0 aromatic carbocycles. The SMILES string of the molecule is CC=CC=CC=CCCC=CC(=O)NCC(O)(CCCCCC)CCCCCC. The smallest absolute Gasteiger partial charge is 0.243 e. The van der Waals surface area contributed by atoms with Crippen LogP contribution in [0.25, 0.3) is 0 Å². The molecule has 166 valence electrons. The largest absolute Gasteiger partial charge is 0.388 e. The fraction of sp³-hybridized carbons (Fsp3) is 0.654. The summed E-state index contributed by atoms with van der Waals surface area (Å²) in [4.78, 5) is 12.1. The molecule has 1 amide bonds. The maximum atomic E-state index is 12.1. The summed E-state index contributed by atoms with van der Waals surface area (Å²) in [5.41, 5.74) is -0.771. The van der Waals surface area contributed by atoms with Gasteiger partial charge in [-0.25, -0.2) is 0 Å². The van der Waals surface area contributed by atoms with Gasteiger partial charge in [-0.15, -0.1) is 0 Å². The summed E-state index contributed by atoms with van der Waals surface area (Å²) in [5.74, 6) is -0.109. The average Bonchev–Trinajstić information content (AvgIpc) is 2.72. The second-order valence-corrected chi connectivity index (χ2v) is 7.88. The Kier molecular flexibility index (Phi) is 18.6. The molecule has 0 aliphatic heterocycles. The van der Waals surface area contributed by atoms with Gasteiger partial charge in [0.25, 0.3) is 0 Å².